The SMILES string of the molecule is Cc1ccccc1-c1oncc1C(=O)N1CCC[C@@H](C(C)(C)O)C1. The van der Waals surface area contributed by atoms with Gasteiger partial charge in [0.2, 0.25) is 0 Å². The summed E-state index contributed by atoms with van der Waals surface area (Å²) in [5.74, 6) is 0.518. The second-order valence-corrected chi connectivity index (χ2v) is 7.13. The maximum Gasteiger partial charge on any atom is 0.259 e. The number of rotatable bonds is 3. The van der Waals surface area contributed by atoms with Crippen molar-refractivity contribution in [2.75, 3.05) is 13.1 Å². The van der Waals surface area contributed by atoms with Gasteiger partial charge in [-0.25, -0.2) is 0 Å². The predicted molar refractivity (Wildman–Crippen MR) is 91.6 cm³/mol. The summed E-state index contributed by atoms with van der Waals surface area (Å²) >= 11 is 0. The van der Waals surface area contributed by atoms with E-state index in [0.717, 1.165) is 24.0 Å². The minimum atomic E-state index is -0.785. The highest BCUT2D eigenvalue weighted by molar-refractivity contribution is 5.99. The lowest BCUT2D eigenvalue weighted by atomic mass is 9.84. The second-order valence-electron chi connectivity index (χ2n) is 7.13. The summed E-state index contributed by atoms with van der Waals surface area (Å²) in [5.41, 5.74) is 1.62. The van der Waals surface area contributed by atoms with Crippen molar-refractivity contribution in [2.24, 2.45) is 5.92 Å². The van der Waals surface area contributed by atoms with Crippen LogP contribution in [0.4, 0.5) is 0 Å². The van der Waals surface area contributed by atoms with Crippen molar-refractivity contribution in [3.63, 3.8) is 0 Å². The summed E-state index contributed by atoms with van der Waals surface area (Å²) < 4.78 is 5.39. The molecule has 0 saturated carbocycles. The van der Waals surface area contributed by atoms with Gasteiger partial charge in [0, 0.05) is 24.6 Å². The summed E-state index contributed by atoms with van der Waals surface area (Å²) in [6, 6.07) is 7.79. The molecule has 1 aliphatic rings. The minimum Gasteiger partial charge on any atom is -0.390 e. The molecule has 5 heteroatoms. The van der Waals surface area contributed by atoms with Gasteiger partial charge in [0.15, 0.2) is 5.76 Å². The summed E-state index contributed by atoms with van der Waals surface area (Å²) in [6.07, 6.45) is 3.32. The first-order valence-corrected chi connectivity index (χ1v) is 8.40. The summed E-state index contributed by atoms with van der Waals surface area (Å²) in [5, 5.41) is 14.1. The number of carbonyl (C=O) groups excluding carboxylic acids is 1. The van der Waals surface area contributed by atoms with Crippen molar-refractivity contribution < 1.29 is 14.4 Å². The molecule has 3 rings (SSSR count). The summed E-state index contributed by atoms with van der Waals surface area (Å²) in [6.45, 7) is 6.86. The Morgan fingerprint density at radius 3 is 2.83 bits per heavy atom. The Morgan fingerprint density at radius 1 is 1.38 bits per heavy atom. The lowest BCUT2D eigenvalue weighted by Crippen LogP contribution is -2.46. The average molecular weight is 328 g/mol. The highest BCUT2D eigenvalue weighted by Crippen LogP contribution is 2.31. The third-order valence-electron chi connectivity index (χ3n) is 4.90. The maximum absolute atomic E-state index is 13.0. The number of hydrogen-bond donors (Lipinski definition) is 1. The Hall–Kier alpha value is -2.14. The number of piperidine rings is 1. The first kappa shape index (κ1) is 16.7. The molecule has 0 spiro atoms. The van der Waals surface area contributed by atoms with Crippen molar-refractivity contribution in [1.29, 1.82) is 0 Å². The van der Waals surface area contributed by atoms with Gasteiger partial charge in [0.25, 0.3) is 5.91 Å². The van der Waals surface area contributed by atoms with Gasteiger partial charge in [-0.3, -0.25) is 4.79 Å². The van der Waals surface area contributed by atoms with Crippen LogP contribution >= 0.6 is 0 Å². The molecule has 1 aromatic heterocycles. The molecule has 1 N–H and O–H groups in total. The lowest BCUT2D eigenvalue weighted by Gasteiger charge is -2.38. The number of likely N-dealkylation sites (tertiary alicyclic amines) is 1. The van der Waals surface area contributed by atoms with Gasteiger partial charge < -0.3 is 14.5 Å². The molecule has 1 atom stereocenters. The largest absolute Gasteiger partial charge is 0.390 e. The molecule has 24 heavy (non-hydrogen) atoms. The maximum atomic E-state index is 13.0. The molecule has 0 unspecified atom stereocenters. The quantitative estimate of drug-likeness (QED) is 0.939. The number of benzene rings is 1. The summed E-state index contributed by atoms with van der Waals surface area (Å²) in [7, 11) is 0. The van der Waals surface area contributed by atoms with Crippen molar-refractivity contribution in [3.05, 3.63) is 41.6 Å². The molecular weight excluding hydrogens is 304 g/mol. The fourth-order valence-corrected chi connectivity index (χ4v) is 3.32. The number of aryl methyl sites for hydroxylation is 1. The van der Waals surface area contributed by atoms with Crippen LogP contribution in [0.1, 0.15) is 42.6 Å². The van der Waals surface area contributed by atoms with Gasteiger partial charge >= 0.3 is 0 Å². The zero-order chi connectivity index (χ0) is 17.3. The minimum absolute atomic E-state index is 0.0801. The molecule has 0 aliphatic carbocycles. The first-order valence-electron chi connectivity index (χ1n) is 8.40. The van der Waals surface area contributed by atoms with Gasteiger partial charge in [-0.15, -0.1) is 0 Å². The first-order chi connectivity index (χ1) is 11.4. The summed E-state index contributed by atoms with van der Waals surface area (Å²) in [4.78, 5) is 14.8. The van der Waals surface area contributed by atoms with Crippen LogP contribution in [0.25, 0.3) is 11.3 Å². The van der Waals surface area contributed by atoms with E-state index in [4.69, 9.17) is 4.52 Å². The highest BCUT2D eigenvalue weighted by atomic mass is 16.5. The Balaban J connectivity index is 1.87. The zero-order valence-corrected chi connectivity index (χ0v) is 14.5. The highest BCUT2D eigenvalue weighted by Gasteiger charge is 2.34. The number of nitrogens with zero attached hydrogens (tertiary/aromatic N) is 2. The number of amides is 1. The molecule has 1 aromatic carbocycles. The molecule has 1 saturated heterocycles. The van der Waals surface area contributed by atoms with Crippen molar-refractivity contribution >= 4 is 5.91 Å². The van der Waals surface area contributed by atoms with Crippen LogP contribution in [0.3, 0.4) is 0 Å². The molecule has 0 bridgehead atoms. The standard InChI is InChI=1S/C19H24N2O3/c1-13-7-4-5-9-15(13)17-16(11-20-24-17)18(22)21-10-6-8-14(12-21)19(2,3)23/h4-5,7,9,11,14,23H,6,8,10,12H2,1-3H3/t14-/m1/s1. The molecule has 1 amide bonds. The predicted octanol–water partition coefficient (Wildman–Crippen LogP) is 3.27. The second kappa shape index (κ2) is 6.40. The van der Waals surface area contributed by atoms with Gasteiger partial charge in [0.1, 0.15) is 5.56 Å². The van der Waals surface area contributed by atoms with Crippen LogP contribution in [0.5, 0.6) is 0 Å². The molecule has 5 nitrogen and oxygen atoms in total. The van der Waals surface area contributed by atoms with Crippen molar-refractivity contribution in [2.45, 2.75) is 39.2 Å². The molecule has 1 fully saturated rings. The number of aromatic nitrogens is 1. The number of aliphatic hydroxyl groups is 1. The van der Waals surface area contributed by atoms with Crippen molar-refractivity contribution in [3.8, 4) is 11.3 Å². The van der Waals surface area contributed by atoms with Gasteiger partial charge in [0.05, 0.1) is 11.8 Å². The molecule has 0 radical (unpaired) electrons. The Labute approximate surface area is 142 Å². The van der Waals surface area contributed by atoms with E-state index in [2.05, 4.69) is 5.16 Å². The van der Waals surface area contributed by atoms with E-state index in [1.165, 1.54) is 6.20 Å². The Bertz CT molecular complexity index is 730. The van der Waals surface area contributed by atoms with Gasteiger partial charge in [-0.1, -0.05) is 29.4 Å². The van der Waals surface area contributed by atoms with E-state index < -0.39 is 5.60 Å². The molecule has 128 valence electrons. The Morgan fingerprint density at radius 2 is 2.12 bits per heavy atom. The van der Waals surface area contributed by atoms with E-state index in [0.29, 0.717) is 24.4 Å². The van der Waals surface area contributed by atoms with Crippen molar-refractivity contribution in [1.82, 2.24) is 10.1 Å². The van der Waals surface area contributed by atoms with E-state index in [9.17, 15) is 9.90 Å². The third-order valence-corrected chi connectivity index (χ3v) is 4.90. The van der Waals surface area contributed by atoms with Crippen LogP contribution in [0.2, 0.25) is 0 Å². The van der Waals surface area contributed by atoms with E-state index in [1.54, 1.807) is 4.90 Å². The van der Waals surface area contributed by atoms with Crippen LogP contribution in [0, 0.1) is 12.8 Å². The fraction of sp³-hybridized carbons (Fsp3) is 0.474. The van der Waals surface area contributed by atoms with Crippen LogP contribution < -0.4 is 0 Å². The van der Waals surface area contributed by atoms with Crippen LogP contribution in [-0.4, -0.2) is 39.8 Å². The third kappa shape index (κ3) is 3.22. The average Bonchev–Trinajstić information content (AvgIpc) is 3.03. The Kier molecular flexibility index (Phi) is 4.45. The lowest BCUT2D eigenvalue weighted by molar-refractivity contribution is -0.0146. The smallest absolute Gasteiger partial charge is 0.259 e. The number of carbonyl (C=O) groups is 1. The molecule has 2 aromatic rings. The zero-order valence-electron chi connectivity index (χ0n) is 14.5. The van der Waals surface area contributed by atoms with E-state index in [1.807, 2.05) is 45.0 Å². The van der Waals surface area contributed by atoms with E-state index >= 15 is 0 Å². The normalized spacial score (nSPS) is 18.7. The number of hydrogen-bond acceptors (Lipinski definition) is 4. The molecule has 2 heterocycles. The van der Waals surface area contributed by atoms with E-state index in [-0.39, 0.29) is 11.8 Å². The van der Waals surface area contributed by atoms with Crippen LogP contribution in [0.15, 0.2) is 35.0 Å². The van der Waals surface area contributed by atoms with Gasteiger partial charge in [-0.05, 0) is 39.2 Å². The fourth-order valence-electron chi connectivity index (χ4n) is 3.32. The monoisotopic (exact) mass is 328 g/mol. The topological polar surface area (TPSA) is 66.6 Å². The molecular formula is C19H24N2O3. The molecule has 1 aliphatic heterocycles. The van der Waals surface area contributed by atoms with Crippen LogP contribution in [-0.2, 0) is 0 Å². The van der Waals surface area contributed by atoms with Gasteiger partial charge in [-0.2, -0.15) is 0 Å².